The molecule has 182 valence electrons. The zero-order chi connectivity index (χ0) is 24.1. The van der Waals surface area contributed by atoms with Gasteiger partial charge in [0.15, 0.2) is 0 Å². The van der Waals surface area contributed by atoms with Gasteiger partial charge in [-0.2, -0.15) is 0 Å². The molecule has 4 atom stereocenters. The second kappa shape index (κ2) is 11.0. The molecule has 0 saturated carbocycles. The topological polar surface area (TPSA) is 100 Å². The SMILES string of the molecule is CN(C)CC(=O)Nc1ccc2c(c1)[C@H]1C[C@H](CC(=O)NCCc3ccccc3)O[C@@H](CO)[C@H]1O2. The minimum atomic E-state index is -0.514. The number of amides is 2. The highest BCUT2D eigenvalue weighted by Crippen LogP contribution is 2.47. The lowest BCUT2D eigenvalue weighted by Crippen LogP contribution is -2.47. The number of likely N-dealkylation sites (N-methyl/N-ethyl adjacent to an activating group) is 1. The van der Waals surface area contributed by atoms with E-state index in [1.165, 1.54) is 5.56 Å². The molecule has 0 bridgehead atoms. The number of hydrogen-bond donors (Lipinski definition) is 3. The number of aliphatic hydroxyl groups is 1. The number of nitrogens with one attached hydrogen (secondary N) is 2. The summed E-state index contributed by atoms with van der Waals surface area (Å²) in [5, 5.41) is 15.8. The van der Waals surface area contributed by atoms with Crippen LogP contribution in [0.15, 0.2) is 48.5 Å². The van der Waals surface area contributed by atoms with Crippen molar-refractivity contribution >= 4 is 17.5 Å². The third-order valence-corrected chi connectivity index (χ3v) is 6.23. The quantitative estimate of drug-likeness (QED) is 0.521. The zero-order valence-corrected chi connectivity index (χ0v) is 19.7. The van der Waals surface area contributed by atoms with Crippen LogP contribution in [0.25, 0.3) is 0 Å². The number of rotatable bonds is 9. The standard InChI is InChI=1S/C26H33N3O5/c1-29(2)15-25(32)28-18-8-9-22-20(12-18)21-13-19(33-23(16-30)26(21)34-22)14-24(31)27-11-10-17-6-4-3-5-7-17/h3-9,12,19,21,23,26,30H,10-11,13-16H2,1-2H3,(H,27,31)(H,28,32)/t19-,21-,23+,26+/m1/s1. The van der Waals surface area contributed by atoms with Crippen LogP contribution in [0.5, 0.6) is 5.75 Å². The number of carbonyl (C=O) groups excluding carboxylic acids is 2. The molecule has 0 aliphatic carbocycles. The first-order valence-corrected chi connectivity index (χ1v) is 11.7. The fraction of sp³-hybridized carbons (Fsp3) is 0.462. The Morgan fingerprint density at radius 3 is 2.65 bits per heavy atom. The first kappa shape index (κ1) is 24.2. The van der Waals surface area contributed by atoms with Gasteiger partial charge in [0.05, 0.1) is 25.7 Å². The van der Waals surface area contributed by atoms with Gasteiger partial charge < -0.3 is 30.1 Å². The first-order valence-electron chi connectivity index (χ1n) is 11.7. The summed E-state index contributed by atoms with van der Waals surface area (Å²) in [6, 6.07) is 15.6. The van der Waals surface area contributed by atoms with E-state index in [4.69, 9.17) is 9.47 Å². The van der Waals surface area contributed by atoms with Gasteiger partial charge in [-0.25, -0.2) is 0 Å². The fourth-order valence-corrected chi connectivity index (χ4v) is 4.72. The van der Waals surface area contributed by atoms with Gasteiger partial charge in [-0.1, -0.05) is 30.3 Å². The average Bonchev–Trinajstić information content (AvgIpc) is 3.16. The Bertz CT molecular complexity index is 997. The predicted octanol–water partition coefficient (Wildman–Crippen LogP) is 1.93. The molecule has 1 saturated heterocycles. The number of benzene rings is 2. The Morgan fingerprint density at radius 1 is 1.12 bits per heavy atom. The smallest absolute Gasteiger partial charge is 0.238 e. The van der Waals surface area contributed by atoms with E-state index in [-0.39, 0.29) is 43.0 Å². The molecule has 0 radical (unpaired) electrons. The highest BCUT2D eigenvalue weighted by atomic mass is 16.6. The summed E-state index contributed by atoms with van der Waals surface area (Å²) in [6.07, 6.45) is 0.450. The van der Waals surface area contributed by atoms with Crippen molar-refractivity contribution in [1.82, 2.24) is 10.2 Å². The molecule has 8 nitrogen and oxygen atoms in total. The molecule has 8 heteroatoms. The summed E-state index contributed by atoms with van der Waals surface area (Å²) in [6.45, 7) is 0.669. The molecule has 2 aromatic rings. The number of nitrogens with zero attached hydrogens (tertiary/aromatic N) is 1. The van der Waals surface area contributed by atoms with Crippen LogP contribution in [-0.2, 0) is 20.7 Å². The zero-order valence-electron chi connectivity index (χ0n) is 19.7. The minimum absolute atomic E-state index is 0.0197. The molecule has 2 aliphatic rings. The van der Waals surface area contributed by atoms with Gasteiger partial charge >= 0.3 is 0 Å². The lowest BCUT2D eigenvalue weighted by molar-refractivity contribution is -0.142. The molecule has 2 amide bonds. The molecule has 2 aliphatic heterocycles. The Balaban J connectivity index is 1.37. The Morgan fingerprint density at radius 2 is 1.91 bits per heavy atom. The molecule has 3 N–H and O–H groups in total. The van der Waals surface area contributed by atoms with E-state index in [2.05, 4.69) is 10.6 Å². The minimum Gasteiger partial charge on any atom is -0.487 e. The highest BCUT2D eigenvalue weighted by Gasteiger charge is 2.46. The van der Waals surface area contributed by atoms with E-state index in [1.54, 1.807) is 0 Å². The summed E-state index contributed by atoms with van der Waals surface area (Å²) in [7, 11) is 3.69. The number of aliphatic hydroxyl groups excluding tert-OH is 1. The average molecular weight is 468 g/mol. The Kier molecular flexibility index (Phi) is 7.82. The first-order chi connectivity index (χ1) is 16.4. The Labute approximate surface area is 200 Å². The van der Waals surface area contributed by atoms with Crippen molar-refractivity contribution in [3.8, 4) is 5.75 Å². The van der Waals surface area contributed by atoms with Crippen LogP contribution in [0.4, 0.5) is 5.69 Å². The van der Waals surface area contributed by atoms with Crippen molar-refractivity contribution in [2.24, 2.45) is 0 Å². The van der Waals surface area contributed by atoms with Crippen molar-refractivity contribution in [3.63, 3.8) is 0 Å². The largest absolute Gasteiger partial charge is 0.487 e. The maximum Gasteiger partial charge on any atom is 0.238 e. The molecule has 2 heterocycles. The lowest BCUT2D eigenvalue weighted by Gasteiger charge is -2.37. The second-order valence-electron chi connectivity index (χ2n) is 9.23. The van der Waals surface area contributed by atoms with Gasteiger partial charge in [0, 0.05) is 23.7 Å². The number of anilines is 1. The number of ether oxygens (including phenoxy) is 2. The lowest BCUT2D eigenvalue weighted by atomic mass is 9.84. The molecule has 0 aromatic heterocycles. The van der Waals surface area contributed by atoms with Crippen LogP contribution in [0.1, 0.15) is 29.9 Å². The number of carbonyl (C=O) groups is 2. The van der Waals surface area contributed by atoms with Gasteiger partial charge in [-0.15, -0.1) is 0 Å². The van der Waals surface area contributed by atoms with Crippen LogP contribution in [0.3, 0.4) is 0 Å². The molecule has 4 rings (SSSR count). The molecule has 34 heavy (non-hydrogen) atoms. The summed E-state index contributed by atoms with van der Waals surface area (Å²) in [5.41, 5.74) is 2.86. The number of hydrogen-bond acceptors (Lipinski definition) is 6. The summed E-state index contributed by atoms with van der Waals surface area (Å²) >= 11 is 0. The van der Waals surface area contributed by atoms with Gasteiger partial charge in [-0.05, 0) is 50.7 Å². The Hall–Kier alpha value is -2.94. The van der Waals surface area contributed by atoms with Crippen molar-refractivity contribution < 1.29 is 24.2 Å². The maximum atomic E-state index is 12.6. The monoisotopic (exact) mass is 467 g/mol. The van der Waals surface area contributed by atoms with Crippen LogP contribution in [0.2, 0.25) is 0 Å². The van der Waals surface area contributed by atoms with Gasteiger partial charge in [0.1, 0.15) is 18.0 Å². The van der Waals surface area contributed by atoms with E-state index in [0.29, 0.717) is 25.2 Å². The third-order valence-electron chi connectivity index (χ3n) is 6.23. The van der Waals surface area contributed by atoms with Crippen LogP contribution in [-0.4, -0.2) is 73.9 Å². The van der Waals surface area contributed by atoms with Crippen LogP contribution < -0.4 is 15.4 Å². The third kappa shape index (κ3) is 5.94. The predicted molar refractivity (Wildman–Crippen MR) is 129 cm³/mol. The molecular formula is C26H33N3O5. The van der Waals surface area contributed by atoms with E-state index >= 15 is 0 Å². The number of fused-ring (bicyclic) bond motifs is 3. The molecule has 0 unspecified atom stereocenters. The normalized spacial score (nSPS) is 23.1. The van der Waals surface area contributed by atoms with E-state index in [1.807, 2.05) is 67.5 Å². The molecule has 1 fully saturated rings. The maximum absolute atomic E-state index is 12.6. The fourth-order valence-electron chi connectivity index (χ4n) is 4.72. The van der Waals surface area contributed by atoms with Gasteiger partial charge in [-0.3, -0.25) is 9.59 Å². The highest BCUT2D eigenvalue weighted by molar-refractivity contribution is 5.92. The second-order valence-corrected chi connectivity index (χ2v) is 9.23. The molecule has 2 aromatic carbocycles. The van der Waals surface area contributed by atoms with Crippen molar-refractivity contribution in [1.29, 1.82) is 0 Å². The van der Waals surface area contributed by atoms with E-state index in [0.717, 1.165) is 17.7 Å². The van der Waals surface area contributed by atoms with Crippen LogP contribution >= 0.6 is 0 Å². The molecular weight excluding hydrogens is 434 g/mol. The molecule has 0 spiro atoms. The summed E-state index contributed by atoms with van der Waals surface area (Å²) < 4.78 is 12.1. The van der Waals surface area contributed by atoms with Crippen molar-refractivity contribution in [2.45, 2.75) is 43.5 Å². The summed E-state index contributed by atoms with van der Waals surface area (Å²) in [4.78, 5) is 26.5. The van der Waals surface area contributed by atoms with Crippen molar-refractivity contribution in [3.05, 3.63) is 59.7 Å². The van der Waals surface area contributed by atoms with E-state index < -0.39 is 6.10 Å². The summed E-state index contributed by atoms with van der Waals surface area (Å²) in [5.74, 6) is 0.551. The van der Waals surface area contributed by atoms with Gasteiger partial charge in [0.2, 0.25) is 11.8 Å². The van der Waals surface area contributed by atoms with Crippen LogP contribution in [0, 0.1) is 0 Å². The van der Waals surface area contributed by atoms with E-state index in [9.17, 15) is 14.7 Å². The van der Waals surface area contributed by atoms with Gasteiger partial charge in [0.25, 0.3) is 0 Å². The van der Waals surface area contributed by atoms with Crippen molar-refractivity contribution in [2.75, 3.05) is 39.1 Å².